The number of fused-ring (bicyclic) bond motifs is 1. The van der Waals surface area contributed by atoms with Gasteiger partial charge in [-0.15, -0.1) is 0 Å². The molecule has 1 saturated carbocycles. The smallest absolute Gasteiger partial charge is 0.319 e. The Morgan fingerprint density at radius 1 is 1.27 bits per heavy atom. The van der Waals surface area contributed by atoms with Crippen LogP contribution in [0.15, 0.2) is 35.7 Å². The first-order valence-corrected chi connectivity index (χ1v) is 15.2. The van der Waals surface area contributed by atoms with E-state index in [1.807, 2.05) is 6.92 Å². The number of imidazole rings is 1. The number of carbonyl (C=O) groups excluding carboxylic acids is 2. The summed E-state index contributed by atoms with van der Waals surface area (Å²) in [6.45, 7) is 3.64. The van der Waals surface area contributed by atoms with Gasteiger partial charge in [-0.25, -0.2) is 18.2 Å². The lowest BCUT2D eigenvalue weighted by Gasteiger charge is -2.38. The first-order chi connectivity index (χ1) is 19.0. The highest BCUT2D eigenvalue weighted by molar-refractivity contribution is 7.89. The highest BCUT2D eigenvalue weighted by atomic mass is 32.2. The molecule has 3 N–H and O–H groups in total. The fourth-order valence-corrected chi connectivity index (χ4v) is 6.29. The van der Waals surface area contributed by atoms with Crippen molar-refractivity contribution in [1.82, 2.24) is 24.1 Å². The number of nitrogens with zero attached hydrogens (tertiary/aromatic N) is 4. The van der Waals surface area contributed by atoms with Gasteiger partial charge in [0.25, 0.3) is 15.9 Å². The summed E-state index contributed by atoms with van der Waals surface area (Å²) in [4.78, 5) is 31.9. The van der Waals surface area contributed by atoms with Crippen LogP contribution < -0.4 is 15.4 Å². The zero-order valence-electron chi connectivity index (χ0n) is 23.5. The molecule has 13 heteroatoms. The lowest BCUT2D eigenvalue weighted by molar-refractivity contribution is 0.0387. The van der Waals surface area contributed by atoms with Gasteiger partial charge < -0.3 is 29.9 Å². The Kier molecular flexibility index (Phi) is 9.37. The second-order valence-electron chi connectivity index (χ2n) is 10.9. The molecule has 0 spiro atoms. The van der Waals surface area contributed by atoms with Crippen LogP contribution >= 0.6 is 0 Å². The monoisotopic (exact) mass is 576 g/mol. The average molecular weight is 577 g/mol. The molecule has 3 amide bonds. The average Bonchev–Trinajstić information content (AvgIpc) is 3.38. The van der Waals surface area contributed by atoms with E-state index >= 15 is 0 Å². The predicted octanol–water partition coefficient (Wildman–Crippen LogP) is 2.42. The maximum Gasteiger partial charge on any atom is 0.319 e. The summed E-state index contributed by atoms with van der Waals surface area (Å²) in [6, 6.07) is 4.15. The number of aliphatic hydroxyl groups is 1. The molecular weight excluding hydrogens is 536 g/mol. The van der Waals surface area contributed by atoms with Gasteiger partial charge >= 0.3 is 6.03 Å². The molecular formula is C27H40N6O6S. The standard InChI is InChI=1S/C27H40N6O6S/c1-18-13-33(19(2)16-34)26(35)22-12-21(30-27(36)29-20-8-6-5-7-9-20)10-11-23(22)39-24(18)14-32(4)40(37,38)25-15-31(3)17-28-25/h10-12,15,17-20,24,34H,5-9,13-14,16H2,1-4H3,(H2,29,30,36)/t18-,19-,24-/m1/s1. The van der Waals surface area contributed by atoms with E-state index in [0.717, 1.165) is 25.7 Å². The Morgan fingerprint density at radius 2 is 2.00 bits per heavy atom. The molecule has 1 aromatic carbocycles. The van der Waals surface area contributed by atoms with Crippen LogP contribution in [0, 0.1) is 5.92 Å². The van der Waals surface area contributed by atoms with Gasteiger partial charge in [-0.1, -0.05) is 26.2 Å². The lowest BCUT2D eigenvalue weighted by atomic mass is 9.96. The number of amides is 3. The van der Waals surface area contributed by atoms with Gasteiger partial charge in [-0.2, -0.15) is 4.31 Å². The summed E-state index contributed by atoms with van der Waals surface area (Å²) in [6.07, 6.45) is 7.50. The van der Waals surface area contributed by atoms with Crippen LogP contribution in [-0.4, -0.2) is 89.2 Å². The predicted molar refractivity (Wildman–Crippen MR) is 150 cm³/mol. The topological polar surface area (TPSA) is 146 Å². The Hall–Kier alpha value is -3.16. The number of aliphatic hydroxyl groups excluding tert-OH is 1. The molecule has 1 aliphatic carbocycles. The van der Waals surface area contributed by atoms with Crippen LogP contribution in [0.4, 0.5) is 10.5 Å². The van der Waals surface area contributed by atoms with Gasteiger partial charge in [-0.3, -0.25) is 4.79 Å². The number of hydrogen-bond donors (Lipinski definition) is 3. The van der Waals surface area contributed by atoms with Gasteiger partial charge in [0.15, 0.2) is 5.03 Å². The Morgan fingerprint density at radius 3 is 2.65 bits per heavy atom. The minimum Gasteiger partial charge on any atom is -0.488 e. The van der Waals surface area contributed by atoms with Crippen molar-refractivity contribution in [3.8, 4) is 5.75 Å². The van der Waals surface area contributed by atoms with Crippen LogP contribution in [0.1, 0.15) is 56.3 Å². The highest BCUT2D eigenvalue weighted by Crippen LogP contribution is 2.31. The van der Waals surface area contributed by atoms with Gasteiger partial charge in [0, 0.05) is 44.5 Å². The fraction of sp³-hybridized carbons (Fsp3) is 0.593. The van der Waals surface area contributed by atoms with E-state index in [4.69, 9.17) is 4.74 Å². The van der Waals surface area contributed by atoms with E-state index in [0.29, 0.717) is 5.69 Å². The first kappa shape index (κ1) is 29.8. The molecule has 220 valence electrons. The number of benzene rings is 1. The van der Waals surface area contributed by atoms with Crippen LogP contribution in [0.3, 0.4) is 0 Å². The number of rotatable bonds is 8. The zero-order valence-corrected chi connectivity index (χ0v) is 24.4. The number of carbonyl (C=O) groups is 2. The van der Waals surface area contributed by atoms with Gasteiger partial charge in [0.2, 0.25) is 0 Å². The number of sulfonamides is 1. The number of urea groups is 1. The maximum absolute atomic E-state index is 13.7. The molecule has 12 nitrogen and oxygen atoms in total. The van der Waals surface area contributed by atoms with Crippen LogP contribution in [0.25, 0.3) is 0 Å². The van der Waals surface area contributed by atoms with Crippen molar-refractivity contribution in [2.24, 2.45) is 13.0 Å². The Labute approximate surface area is 235 Å². The second kappa shape index (κ2) is 12.6. The summed E-state index contributed by atoms with van der Waals surface area (Å²) in [5.74, 6) is -0.335. The van der Waals surface area contributed by atoms with Gasteiger partial charge in [0.05, 0.1) is 31.1 Å². The Bertz CT molecular complexity index is 1310. The SMILES string of the molecule is C[C@@H]1CN([C@H](C)CO)C(=O)c2cc(NC(=O)NC3CCCCC3)ccc2O[C@@H]1CN(C)S(=O)(=O)c1cn(C)cn1. The quantitative estimate of drug-likeness (QED) is 0.437. The minimum absolute atomic E-state index is 0.0127. The van der Waals surface area contributed by atoms with Crippen molar-refractivity contribution in [1.29, 1.82) is 0 Å². The van der Waals surface area contributed by atoms with Crippen molar-refractivity contribution in [3.63, 3.8) is 0 Å². The van der Waals surface area contributed by atoms with Gasteiger partial charge in [-0.05, 0) is 38.0 Å². The number of hydrogen-bond acceptors (Lipinski definition) is 7. The molecule has 3 atom stereocenters. The molecule has 0 radical (unpaired) electrons. The molecule has 2 aromatic rings. The number of aryl methyl sites for hydroxylation is 1. The van der Waals surface area contributed by atoms with E-state index < -0.39 is 22.2 Å². The summed E-state index contributed by atoms with van der Waals surface area (Å²) in [5, 5.41) is 15.7. The third-order valence-electron chi connectivity index (χ3n) is 7.66. The molecule has 0 saturated heterocycles. The number of nitrogens with one attached hydrogen (secondary N) is 2. The fourth-order valence-electron chi connectivity index (χ4n) is 5.15. The molecule has 1 fully saturated rings. The number of ether oxygens (including phenoxy) is 1. The van der Waals surface area contributed by atoms with Crippen molar-refractivity contribution >= 4 is 27.6 Å². The third-order valence-corrected chi connectivity index (χ3v) is 9.37. The molecule has 2 heterocycles. The minimum atomic E-state index is -3.87. The highest BCUT2D eigenvalue weighted by Gasteiger charge is 2.36. The zero-order chi connectivity index (χ0) is 29.0. The molecule has 1 aromatic heterocycles. The number of anilines is 1. The molecule has 1 aliphatic heterocycles. The molecule has 0 bridgehead atoms. The normalized spacial score (nSPS) is 21.2. The van der Waals surface area contributed by atoms with E-state index in [1.165, 1.54) is 30.3 Å². The maximum atomic E-state index is 13.7. The molecule has 2 aliphatic rings. The summed E-state index contributed by atoms with van der Waals surface area (Å²) >= 11 is 0. The van der Waals surface area contributed by atoms with Crippen LogP contribution in [0.5, 0.6) is 5.75 Å². The largest absolute Gasteiger partial charge is 0.488 e. The van der Waals surface area contributed by atoms with E-state index in [1.54, 1.807) is 41.6 Å². The number of likely N-dealkylation sites (N-methyl/N-ethyl adjacent to an activating group) is 1. The lowest BCUT2D eigenvalue weighted by Crippen LogP contribution is -2.50. The third kappa shape index (κ3) is 6.76. The first-order valence-electron chi connectivity index (χ1n) is 13.7. The summed E-state index contributed by atoms with van der Waals surface area (Å²) < 4.78 is 35.3. The molecule has 4 rings (SSSR count). The van der Waals surface area contributed by atoms with Crippen molar-refractivity contribution in [2.45, 2.75) is 69.2 Å². The van der Waals surface area contributed by atoms with Crippen LogP contribution in [0.2, 0.25) is 0 Å². The van der Waals surface area contributed by atoms with E-state index in [2.05, 4.69) is 15.6 Å². The molecule has 0 unspecified atom stereocenters. The summed E-state index contributed by atoms with van der Waals surface area (Å²) in [7, 11) is -0.708. The van der Waals surface area contributed by atoms with E-state index in [9.17, 15) is 23.1 Å². The Balaban J connectivity index is 1.59. The van der Waals surface area contributed by atoms with Crippen molar-refractivity contribution in [2.75, 3.05) is 32.1 Å². The van der Waals surface area contributed by atoms with Crippen molar-refractivity contribution < 1.29 is 27.9 Å². The second-order valence-corrected chi connectivity index (χ2v) is 12.9. The summed E-state index contributed by atoms with van der Waals surface area (Å²) in [5.41, 5.74) is 0.656. The van der Waals surface area contributed by atoms with Gasteiger partial charge in [0.1, 0.15) is 11.9 Å². The molecule has 40 heavy (non-hydrogen) atoms. The number of aromatic nitrogens is 2. The van der Waals surface area contributed by atoms with Crippen molar-refractivity contribution in [3.05, 3.63) is 36.3 Å². The van der Waals surface area contributed by atoms with Crippen LogP contribution in [-0.2, 0) is 17.1 Å². The van der Waals surface area contributed by atoms with E-state index in [-0.39, 0.29) is 59.9 Å².